The highest BCUT2D eigenvalue weighted by atomic mass is 16.5. The standard InChI is InChI=1S/C16H24O2/c1-13(2)12-16(3,4)10-11-18-15(17)14-8-6-5-7-9-14/h5-9,13H,10-12H2,1-4H3. The molecule has 0 N–H and O–H groups in total. The number of hydrogen-bond acceptors (Lipinski definition) is 2. The summed E-state index contributed by atoms with van der Waals surface area (Å²) in [4.78, 5) is 11.7. The second kappa shape index (κ2) is 6.58. The lowest BCUT2D eigenvalue weighted by Crippen LogP contribution is -2.18. The van der Waals surface area contributed by atoms with E-state index in [4.69, 9.17) is 4.74 Å². The Morgan fingerprint density at radius 1 is 1.22 bits per heavy atom. The van der Waals surface area contributed by atoms with E-state index in [1.54, 1.807) is 12.1 Å². The minimum Gasteiger partial charge on any atom is -0.462 e. The van der Waals surface area contributed by atoms with Crippen molar-refractivity contribution in [3.63, 3.8) is 0 Å². The van der Waals surface area contributed by atoms with E-state index < -0.39 is 0 Å². The molecule has 18 heavy (non-hydrogen) atoms. The van der Waals surface area contributed by atoms with Gasteiger partial charge in [-0.15, -0.1) is 0 Å². The summed E-state index contributed by atoms with van der Waals surface area (Å²) in [6.07, 6.45) is 2.06. The molecule has 2 nitrogen and oxygen atoms in total. The molecule has 0 aliphatic heterocycles. The molecule has 0 bridgehead atoms. The van der Waals surface area contributed by atoms with Crippen molar-refractivity contribution in [3.05, 3.63) is 35.9 Å². The highest BCUT2D eigenvalue weighted by Gasteiger charge is 2.20. The van der Waals surface area contributed by atoms with Crippen LogP contribution in [0.3, 0.4) is 0 Å². The highest BCUT2D eigenvalue weighted by Crippen LogP contribution is 2.29. The maximum Gasteiger partial charge on any atom is 0.338 e. The fourth-order valence-corrected chi connectivity index (χ4v) is 2.28. The second-order valence-corrected chi connectivity index (χ2v) is 6.01. The Morgan fingerprint density at radius 3 is 2.39 bits per heavy atom. The molecular weight excluding hydrogens is 224 g/mol. The van der Waals surface area contributed by atoms with E-state index in [9.17, 15) is 4.79 Å². The fourth-order valence-electron chi connectivity index (χ4n) is 2.28. The summed E-state index contributed by atoms with van der Waals surface area (Å²) >= 11 is 0. The zero-order chi connectivity index (χ0) is 13.6. The first-order valence-corrected chi connectivity index (χ1v) is 6.63. The number of benzene rings is 1. The summed E-state index contributed by atoms with van der Waals surface area (Å²) in [5.41, 5.74) is 0.852. The van der Waals surface area contributed by atoms with Gasteiger partial charge in [0, 0.05) is 0 Å². The molecule has 0 fully saturated rings. The van der Waals surface area contributed by atoms with Crippen LogP contribution >= 0.6 is 0 Å². The topological polar surface area (TPSA) is 26.3 Å². The summed E-state index contributed by atoms with van der Waals surface area (Å²) in [7, 11) is 0. The minimum atomic E-state index is -0.226. The van der Waals surface area contributed by atoms with Crippen molar-refractivity contribution in [3.8, 4) is 0 Å². The van der Waals surface area contributed by atoms with Gasteiger partial charge < -0.3 is 4.74 Å². The van der Waals surface area contributed by atoms with Crippen molar-refractivity contribution >= 4 is 5.97 Å². The number of carbonyl (C=O) groups is 1. The van der Waals surface area contributed by atoms with Gasteiger partial charge in [0.15, 0.2) is 0 Å². The molecule has 100 valence electrons. The van der Waals surface area contributed by atoms with Crippen molar-refractivity contribution in [2.75, 3.05) is 6.61 Å². The molecule has 1 rings (SSSR count). The molecule has 1 aromatic carbocycles. The summed E-state index contributed by atoms with van der Waals surface area (Å²) in [6.45, 7) is 9.38. The third-order valence-corrected chi connectivity index (χ3v) is 2.98. The van der Waals surface area contributed by atoms with Gasteiger partial charge in [0.1, 0.15) is 0 Å². The van der Waals surface area contributed by atoms with Crippen molar-refractivity contribution in [1.29, 1.82) is 0 Å². The van der Waals surface area contributed by atoms with Crippen molar-refractivity contribution in [2.45, 2.75) is 40.5 Å². The minimum absolute atomic E-state index is 0.226. The summed E-state index contributed by atoms with van der Waals surface area (Å²) in [6, 6.07) is 9.14. The van der Waals surface area contributed by atoms with E-state index in [1.807, 2.05) is 18.2 Å². The van der Waals surface area contributed by atoms with E-state index in [1.165, 1.54) is 0 Å². The monoisotopic (exact) mass is 248 g/mol. The molecule has 0 aliphatic rings. The van der Waals surface area contributed by atoms with Crippen LogP contribution in [0, 0.1) is 11.3 Å². The Balaban J connectivity index is 2.36. The maximum absolute atomic E-state index is 11.7. The van der Waals surface area contributed by atoms with Crippen LogP contribution in [0.1, 0.15) is 50.9 Å². The molecule has 0 aromatic heterocycles. The van der Waals surface area contributed by atoms with Crippen LogP contribution in [0.4, 0.5) is 0 Å². The average molecular weight is 248 g/mol. The zero-order valence-corrected chi connectivity index (χ0v) is 11.9. The molecule has 0 atom stereocenters. The number of ether oxygens (including phenoxy) is 1. The van der Waals surface area contributed by atoms with Gasteiger partial charge in [-0.3, -0.25) is 0 Å². The number of rotatable bonds is 6. The first kappa shape index (κ1) is 14.7. The van der Waals surface area contributed by atoms with Crippen molar-refractivity contribution in [1.82, 2.24) is 0 Å². The lowest BCUT2D eigenvalue weighted by molar-refractivity contribution is 0.0448. The van der Waals surface area contributed by atoms with E-state index in [-0.39, 0.29) is 11.4 Å². The van der Waals surface area contributed by atoms with E-state index in [0.29, 0.717) is 18.1 Å². The molecule has 0 saturated carbocycles. The lowest BCUT2D eigenvalue weighted by atomic mass is 9.81. The van der Waals surface area contributed by atoms with Crippen LogP contribution < -0.4 is 0 Å². The van der Waals surface area contributed by atoms with Gasteiger partial charge in [-0.25, -0.2) is 4.79 Å². The van der Waals surface area contributed by atoms with E-state index in [0.717, 1.165) is 12.8 Å². The molecule has 0 spiro atoms. The van der Waals surface area contributed by atoms with Gasteiger partial charge in [0.2, 0.25) is 0 Å². The molecule has 0 amide bonds. The molecule has 1 aromatic rings. The first-order chi connectivity index (χ1) is 8.41. The SMILES string of the molecule is CC(C)CC(C)(C)CCOC(=O)c1ccccc1. The van der Waals surface area contributed by atoms with Crippen LogP contribution in [0.5, 0.6) is 0 Å². The first-order valence-electron chi connectivity index (χ1n) is 6.63. The van der Waals surface area contributed by atoms with Crippen LogP contribution in [0.15, 0.2) is 30.3 Å². The highest BCUT2D eigenvalue weighted by molar-refractivity contribution is 5.89. The summed E-state index contributed by atoms with van der Waals surface area (Å²) < 4.78 is 5.31. The molecular formula is C16H24O2. The zero-order valence-electron chi connectivity index (χ0n) is 11.9. The summed E-state index contributed by atoms with van der Waals surface area (Å²) in [5.74, 6) is 0.445. The molecule has 0 unspecified atom stereocenters. The Kier molecular flexibility index (Phi) is 5.39. The van der Waals surface area contributed by atoms with E-state index >= 15 is 0 Å². The largest absolute Gasteiger partial charge is 0.462 e. The van der Waals surface area contributed by atoms with Gasteiger partial charge in [-0.1, -0.05) is 45.9 Å². The second-order valence-electron chi connectivity index (χ2n) is 6.01. The van der Waals surface area contributed by atoms with Gasteiger partial charge in [-0.05, 0) is 36.3 Å². The normalized spacial score (nSPS) is 11.6. The smallest absolute Gasteiger partial charge is 0.338 e. The fraction of sp³-hybridized carbons (Fsp3) is 0.562. The Morgan fingerprint density at radius 2 is 1.83 bits per heavy atom. The van der Waals surface area contributed by atoms with Crippen molar-refractivity contribution in [2.24, 2.45) is 11.3 Å². The van der Waals surface area contributed by atoms with Crippen LogP contribution in [0.2, 0.25) is 0 Å². The van der Waals surface area contributed by atoms with E-state index in [2.05, 4.69) is 27.7 Å². The number of esters is 1. The van der Waals surface area contributed by atoms with Crippen LogP contribution in [-0.4, -0.2) is 12.6 Å². The predicted octanol–water partition coefficient (Wildman–Crippen LogP) is 4.31. The molecule has 2 heteroatoms. The molecule has 0 radical (unpaired) electrons. The van der Waals surface area contributed by atoms with Gasteiger partial charge in [-0.2, -0.15) is 0 Å². The summed E-state index contributed by atoms with van der Waals surface area (Å²) in [5, 5.41) is 0. The Bertz CT molecular complexity index is 366. The third kappa shape index (κ3) is 5.35. The quantitative estimate of drug-likeness (QED) is 0.701. The Labute approximate surface area is 110 Å². The lowest BCUT2D eigenvalue weighted by Gasteiger charge is -2.26. The molecule has 0 saturated heterocycles. The third-order valence-electron chi connectivity index (χ3n) is 2.98. The molecule has 0 heterocycles. The van der Waals surface area contributed by atoms with Crippen LogP contribution in [-0.2, 0) is 4.74 Å². The Hall–Kier alpha value is -1.31. The van der Waals surface area contributed by atoms with Gasteiger partial charge in [0.25, 0.3) is 0 Å². The van der Waals surface area contributed by atoms with Gasteiger partial charge in [0.05, 0.1) is 12.2 Å². The average Bonchev–Trinajstić information content (AvgIpc) is 2.28. The van der Waals surface area contributed by atoms with Gasteiger partial charge >= 0.3 is 5.97 Å². The molecule has 0 aliphatic carbocycles. The van der Waals surface area contributed by atoms with Crippen LogP contribution in [0.25, 0.3) is 0 Å². The maximum atomic E-state index is 11.7. The number of carbonyl (C=O) groups excluding carboxylic acids is 1. The van der Waals surface area contributed by atoms with Crippen molar-refractivity contribution < 1.29 is 9.53 Å². The predicted molar refractivity (Wildman–Crippen MR) is 74.6 cm³/mol. The number of hydrogen-bond donors (Lipinski definition) is 0.